The van der Waals surface area contributed by atoms with Gasteiger partial charge in [0.25, 0.3) is 0 Å². The van der Waals surface area contributed by atoms with Crippen molar-refractivity contribution in [1.82, 2.24) is 0 Å². The Balaban J connectivity index is 0.00000370. The first kappa shape index (κ1) is 9.36. The smallest absolute Gasteiger partial charge is 0.349 e. The topological polar surface area (TPSA) is 59.1 Å². The molecule has 1 N–H and O–H groups in total. The van der Waals surface area contributed by atoms with Crippen molar-refractivity contribution >= 4 is 28.6 Å². The van der Waals surface area contributed by atoms with Crippen LogP contribution in [0.2, 0.25) is 0 Å². The minimum atomic E-state index is -3.03. The highest BCUT2D eigenvalue weighted by Crippen LogP contribution is 2.52. The highest BCUT2D eigenvalue weighted by Gasteiger charge is 2.71. The van der Waals surface area contributed by atoms with Crippen LogP contribution in [0.25, 0.3) is 0 Å². The van der Waals surface area contributed by atoms with Gasteiger partial charge in [0.1, 0.15) is 30.3 Å². The molecule has 3 fully saturated rings. The lowest BCUT2D eigenvalue weighted by Crippen LogP contribution is -3.00. The van der Waals surface area contributed by atoms with Crippen molar-refractivity contribution in [3.63, 3.8) is 0 Å². The van der Waals surface area contributed by atoms with Gasteiger partial charge in [0.2, 0.25) is 5.60 Å². The molecule has 2 aromatic rings. The number of morpholine rings is 1. The second kappa shape index (κ2) is 6.64. The number of halogens is 1. The molecule has 0 amide bonds. The van der Waals surface area contributed by atoms with Gasteiger partial charge in [0.15, 0.2) is 0 Å². The Hall–Kier alpha value is -0.770. The third-order valence-electron chi connectivity index (χ3n) is 4.80. The van der Waals surface area contributed by atoms with E-state index in [9.17, 15) is 9.90 Å². The van der Waals surface area contributed by atoms with Crippen LogP contribution < -0.4 is 17.0 Å². The number of esters is 1. The van der Waals surface area contributed by atoms with Crippen molar-refractivity contribution in [1.29, 1.82) is 0 Å². The maximum Gasteiger partial charge on any atom is 0.349 e. The summed E-state index contributed by atoms with van der Waals surface area (Å²) in [5, 5.41) is 10.8. The molecule has 4 atom stereocenters. The van der Waals surface area contributed by atoms with Crippen LogP contribution in [-0.2, 0) is 19.9 Å². The van der Waals surface area contributed by atoms with Gasteiger partial charge in [-0.15, -0.1) is 22.7 Å². The molecule has 27 heavy (non-hydrogen) atoms. The highest BCUT2D eigenvalue weighted by molar-refractivity contribution is 7.12. The van der Waals surface area contributed by atoms with Gasteiger partial charge in [-0.3, -0.25) is 0 Å². The maximum absolute atomic E-state index is 13.7. The van der Waals surface area contributed by atoms with Crippen LogP contribution in [-0.4, -0.2) is 59.9 Å². The van der Waals surface area contributed by atoms with Gasteiger partial charge in [-0.2, -0.15) is 0 Å². The summed E-state index contributed by atoms with van der Waals surface area (Å²) in [6, 6.07) is -7.65. The van der Waals surface area contributed by atoms with Crippen LogP contribution in [0, 0.1) is 0 Å². The molecule has 8 heteroatoms. The molecule has 146 valence electrons. The van der Waals surface area contributed by atoms with Gasteiger partial charge < -0.3 is 36.0 Å². The SMILES string of the molecule is [2H]c1sc(C(O)(C(=O)OC2CC3([2H])C4([2H])OC4([2H])C([2H])(C2)[N+]3(C)C([2H])([2H])[2H])c2sc([2H])c([2H])c2[2H])c([2H])c1[2H].[Br-]. The molecule has 5 nitrogen and oxygen atoms in total. The first-order chi connectivity index (χ1) is 17.6. The zero-order valence-electron chi connectivity index (χ0n) is 26.8. The van der Waals surface area contributed by atoms with E-state index in [-0.39, 0.29) is 17.0 Å². The third-order valence-corrected chi connectivity index (χ3v) is 6.41. The van der Waals surface area contributed by atoms with E-state index >= 15 is 0 Å². The molecule has 0 aliphatic carbocycles. The summed E-state index contributed by atoms with van der Waals surface area (Å²) in [7, 11) is 1.07. The third kappa shape index (κ3) is 2.84. The van der Waals surface area contributed by atoms with Crippen molar-refractivity contribution in [3.8, 4) is 0 Å². The predicted octanol–water partition coefficient (Wildman–Crippen LogP) is -0.650. The van der Waals surface area contributed by atoms with Crippen molar-refractivity contribution in [3.05, 3.63) is 44.6 Å². The molecule has 3 saturated heterocycles. The van der Waals surface area contributed by atoms with E-state index < -0.39 is 111 Å². The normalized spacial score (nSPS) is 54.9. The van der Waals surface area contributed by atoms with E-state index in [1.807, 2.05) is 0 Å². The summed E-state index contributed by atoms with van der Waals surface area (Å²) >= 11 is 0.777. The second-order valence-electron chi connectivity index (χ2n) is 6.37. The lowest BCUT2D eigenvalue weighted by molar-refractivity contribution is -0.938. The molecule has 2 aromatic heterocycles. The van der Waals surface area contributed by atoms with E-state index in [0.29, 0.717) is 22.7 Å². The number of thiophene rings is 2. The quantitative estimate of drug-likeness (QED) is 0.356. The number of epoxide rings is 1. The van der Waals surface area contributed by atoms with Crippen LogP contribution in [0.5, 0.6) is 0 Å². The summed E-state index contributed by atoms with van der Waals surface area (Å²) in [5.74, 6) is -1.55. The Bertz CT molecular complexity index is 1350. The number of carbonyl (C=O) groups excluding carboxylic acids is 1. The average Bonchev–Trinajstić information content (AvgIpc) is 3.21. The first-order valence-corrected chi connectivity index (χ1v) is 9.37. The van der Waals surface area contributed by atoms with Crippen LogP contribution in [0.1, 0.15) is 40.4 Å². The minimum Gasteiger partial charge on any atom is -1.00 e. The number of ether oxygens (including phenoxy) is 2. The molecule has 5 heterocycles. The Labute approximate surface area is 195 Å². The number of fused-ring (bicyclic) bond motifs is 5. The maximum atomic E-state index is 13.7. The van der Waals surface area contributed by atoms with Crippen LogP contribution in [0.4, 0.5) is 0 Å². The van der Waals surface area contributed by atoms with Gasteiger partial charge in [-0.05, 0) is 22.8 Å². The van der Waals surface area contributed by atoms with E-state index in [1.165, 1.54) is 0 Å². The fourth-order valence-electron chi connectivity index (χ4n) is 3.39. The number of hydrogen-bond donors (Lipinski definition) is 1. The molecule has 2 bridgehead atoms. The minimum absolute atomic E-state index is 0. The molecule has 0 saturated carbocycles. The predicted molar refractivity (Wildman–Crippen MR) is 99.1 cm³/mol. The number of nitrogens with zero attached hydrogens (tertiary/aromatic N) is 1. The summed E-state index contributed by atoms with van der Waals surface area (Å²) < 4.78 is 117. The molecule has 0 radical (unpaired) electrons. The molecular weight excluding hydrogens is 450 g/mol. The monoisotopic (exact) mass is 484 g/mol. The highest BCUT2D eigenvalue weighted by atomic mass is 79.9. The van der Waals surface area contributed by atoms with Gasteiger partial charge in [-0.1, -0.05) is 12.1 Å². The largest absolute Gasteiger partial charge is 1.00 e. The van der Waals surface area contributed by atoms with Crippen molar-refractivity contribution in [2.45, 2.75) is 48.7 Å². The molecule has 5 rings (SSSR count). The Morgan fingerprint density at radius 3 is 2.33 bits per heavy atom. The Morgan fingerprint density at radius 1 is 1.33 bits per heavy atom. The van der Waals surface area contributed by atoms with Gasteiger partial charge in [0, 0.05) is 12.8 Å². The number of piperidine rings is 1. The molecule has 0 spiro atoms. The Morgan fingerprint density at radius 2 is 1.89 bits per heavy atom. The number of aliphatic hydroxyl groups is 1. The molecule has 3 aliphatic heterocycles. The van der Waals surface area contributed by atoms with Gasteiger partial charge in [0.05, 0.1) is 41.6 Å². The fraction of sp³-hybridized carbons (Fsp3) is 0.526. The zero-order chi connectivity index (χ0) is 29.5. The zero-order valence-corrected chi connectivity index (χ0v) is 17.0. The first-order valence-electron chi connectivity index (χ1n) is 14.2. The van der Waals surface area contributed by atoms with E-state index in [2.05, 4.69) is 0 Å². The standard InChI is InChI=1S/C19H22NO4S2.BrH/c1-20(2)12-9-11(10-13(20)17-16(12)24-17)23-18(21)19(22,14-5-3-7-25-14)15-6-4-8-26-15;/h3-8,11-13,16-17,22H,9-10H2,1-2H3;1H/q+1;/p-1/i1D3,3D,4D,5D,6D,7D,8D,12D,13D,16D,17D;. The van der Waals surface area contributed by atoms with Crippen molar-refractivity contribution < 1.29 is 58.7 Å². The van der Waals surface area contributed by atoms with Gasteiger partial charge >= 0.3 is 5.97 Å². The van der Waals surface area contributed by atoms with Crippen LogP contribution in [0.3, 0.4) is 0 Å². The molecule has 3 aliphatic rings. The number of hydrogen-bond acceptors (Lipinski definition) is 6. The number of rotatable bonds is 4. The summed E-state index contributed by atoms with van der Waals surface area (Å²) in [6.07, 6.45) is -7.72. The van der Waals surface area contributed by atoms with Crippen LogP contribution in [0.15, 0.2) is 34.9 Å². The average molecular weight is 486 g/mol. The van der Waals surface area contributed by atoms with Crippen molar-refractivity contribution in [2.24, 2.45) is 0 Å². The lowest BCUT2D eigenvalue weighted by Gasteiger charge is -2.45. The van der Waals surface area contributed by atoms with E-state index in [0.717, 1.165) is 7.05 Å². The van der Waals surface area contributed by atoms with E-state index in [1.54, 1.807) is 0 Å². The summed E-state index contributed by atoms with van der Waals surface area (Å²) in [4.78, 5) is 12.6. The lowest BCUT2D eigenvalue weighted by atomic mass is 9.95. The fourth-order valence-corrected chi connectivity index (χ4v) is 4.73. The summed E-state index contributed by atoms with van der Waals surface area (Å²) in [6.45, 7) is -3.03. The molecule has 4 unspecified atom stereocenters. The Kier molecular flexibility index (Phi) is 2.30. The number of quaternary nitrogens is 1. The molecule has 0 aromatic carbocycles. The number of likely N-dealkylation sites (N-methyl/N-ethyl adjacent to an activating group) is 1. The number of carbonyl (C=O) groups is 1. The van der Waals surface area contributed by atoms with Crippen molar-refractivity contribution in [2.75, 3.05) is 14.0 Å². The van der Waals surface area contributed by atoms with E-state index in [4.69, 9.17) is 27.3 Å². The second-order valence-corrected chi connectivity index (χ2v) is 8.01. The molecular formula is C19H22BrNO4S2. The summed E-state index contributed by atoms with van der Waals surface area (Å²) in [5.41, 5.74) is -3.02. The van der Waals surface area contributed by atoms with Crippen LogP contribution >= 0.6 is 22.7 Å². The van der Waals surface area contributed by atoms with Gasteiger partial charge in [-0.25, -0.2) is 4.79 Å².